The molecule has 3 heterocycles. The second-order valence-corrected chi connectivity index (χ2v) is 8.24. The summed E-state index contributed by atoms with van der Waals surface area (Å²) < 4.78 is 11.5. The summed E-state index contributed by atoms with van der Waals surface area (Å²) in [7, 11) is 0. The molecule has 0 bridgehead atoms. The Morgan fingerprint density at radius 1 is 1.50 bits per heavy atom. The van der Waals surface area contributed by atoms with Crippen LogP contribution in [-0.4, -0.2) is 42.5 Å². The van der Waals surface area contributed by atoms with Crippen LogP contribution in [0.25, 0.3) is 0 Å². The van der Waals surface area contributed by atoms with E-state index >= 15 is 0 Å². The summed E-state index contributed by atoms with van der Waals surface area (Å²) in [6.07, 6.45) is 7.98. The van der Waals surface area contributed by atoms with Gasteiger partial charge < -0.3 is 14.4 Å². The molecule has 6 heteroatoms. The molecule has 0 aliphatic carbocycles. The van der Waals surface area contributed by atoms with Crippen LogP contribution in [0.5, 0.6) is 5.75 Å². The fourth-order valence-electron chi connectivity index (χ4n) is 3.68. The highest BCUT2D eigenvalue weighted by molar-refractivity contribution is 7.99. The molecule has 1 aromatic rings. The van der Waals surface area contributed by atoms with Gasteiger partial charge in [0.1, 0.15) is 6.61 Å². The van der Waals surface area contributed by atoms with Gasteiger partial charge in [-0.15, -0.1) is 11.8 Å². The van der Waals surface area contributed by atoms with Crippen molar-refractivity contribution in [2.45, 2.75) is 63.3 Å². The summed E-state index contributed by atoms with van der Waals surface area (Å²) in [4.78, 5) is 20.0. The van der Waals surface area contributed by atoms with Gasteiger partial charge in [0.2, 0.25) is 0 Å². The summed E-state index contributed by atoms with van der Waals surface area (Å²) >= 11 is 1.66. The van der Waals surface area contributed by atoms with Gasteiger partial charge in [0.05, 0.1) is 24.0 Å². The number of anilines is 1. The zero-order chi connectivity index (χ0) is 18.4. The van der Waals surface area contributed by atoms with Crippen molar-refractivity contribution in [3.05, 3.63) is 12.3 Å². The third-order valence-corrected chi connectivity index (χ3v) is 6.28. The predicted molar refractivity (Wildman–Crippen MR) is 105 cm³/mol. The summed E-state index contributed by atoms with van der Waals surface area (Å²) in [6, 6.07) is 2.46. The van der Waals surface area contributed by atoms with Gasteiger partial charge in [-0.3, -0.25) is 4.79 Å². The van der Waals surface area contributed by atoms with Crippen molar-refractivity contribution in [2.75, 3.05) is 30.4 Å². The monoisotopic (exact) mass is 378 g/mol. The first kappa shape index (κ1) is 19.3. The molecule has 144 valence electrons. The van der Waals surface area contributed by atoms with Gasteiger partial charge >= 0.3 is 5.97 Å². The van der Waals surface area contributed by atoms with E-state index in [1.807, 2.05) is 12.3 Å². The van der Waals surface area contributed by atoms with Crippen LogP contribution in [0.15, 0.2) is 17.2 Å². The number of ether oxygens (including phenoxy) is 2. The minimum atomic E-state index is -0.101. The van der Waals surface area contributed by atoms with Gasteiger partial charge in [0, 0.05) is 18.5 Å². The number of fused-ring (bicyclic) bond motifs is 3. The van der Waals surface area contributed by atoms with Gasteiger partial charge in [-0.1, -0.05) is 26.7 Å². The number of aromatic nitrogens is 1. The van der Waals surface area contributed by atoms with E-state index in [4.69, 9.17) is 9.47 Å². The van der Waals surface area contributed by atoms with Crippen LogP contribution in [0.4, 0.5) is 5.82 Å². The van der Waals surface area contributed by atoms with E-state index < -0.39 is 0 Å². The van der Waals surface area contributed by atoms with E-state index in [1.165, 1.54) is 12.8 Å². The van der Waals surface area contributed by atoms with Crippen molar-refractivity contribution in [3.63, 3.8) is 0 Å². The smallest absolute Gasteiger partial charge is 0.306 e. The van der Waals surface area contributed by atoms with Crippen molar-refractivity contribution < 1.29 is 14.3 Å². The van der Waals surface area contributed by atoms with Crippen molar-refractivity contribution in [3.8, 4) is 5.75 Å². The zero-order valence-corrected chi connectivity index (χ0v) is 16.7. The first-order valence-corrected chi connectivity index (χ1v) is 10.9. The van der Waals surface area contributed by atoms with Crippen LogP contribution in [-0.2, 0) is 9.53 Å². The predicted octanol–water partition coefficient (Wildman–Crippen LogP) is 4.29. The van der Waals surface area contributed by atoms with Crippen molar-refractivity contribution >= 4 is 23.5 Å². The Kier molecular flexibility index (Phi) is 7.06. The van der Waals surface area contributed by atoms with Gasteiger partial charge in [0.25, 0.3) is 0 Å². The number of esters is 1. The van der Waals surface area contributed by atoms with E-state index in [2.05, 4.69) is 23.7 Å². The summed E-state index contributed by atoms with van der Waals surface area (Å²) in [6.45, 7) is 6.68. The molecule has 1 saturated heterocycles. The fraction of sp³-hybridized carbons (Fsp3) is 0.700. The molecule has 0 spiro atoms. The maximum absolute atomic E-state index is 12.0. The number of rotatable bonds is 9. The lowest BCUT2D eigenvalue weighted by Gasteiger charge is -2.33. The van der Waals surface area contributed by atoms with Crippen LogP contribution >= 0.6 is 11.8 Å². The highest BCUT2D eigenvalue weighted by Crippen LogP contribution is 2.42. The molecule has 0 radical (unpaired) electrons. The summed E-state index contributed by atoms with van der Waals surface area (Å²) in [5, 5.41) is 0. The quantitative estimate of drug-likeness (QED) is 0.472. The topological polar surface area (TPSA) is 51.7 Å². The largest absolute Gasteiger partial charge is 0.486 e. The Balaban J connectivity index is 1.48. The molecule has 1 aromatic heterocycles. The van der Waals surface area contributed by atoms with E-state index in [-0.39, 0.29) is 5.97 Å². The molecule has 3 rings (SSSR count). The number of carbonyl (C=O) groups is 1. The Morgan fingerprint density at radius 2 is 2.38 bits per heavy atom. The SMILES string of the molecule is CCCC(CC)COC(=O)CCSc1ccnc2c1OC[C@@H]1CCCN21. The van der Waals surface area contributed by atoms with Gasteiger partial charge in [0.15, 0.2) is 11.6 Å². The number of hydrogen-bond acceptors (Lipinski definition) is 6. The number of carbonyl (C=O) groups excluding carboxylic acids is 1. The number of nitrogens with zero attached hydrogens (tertiary/aromatic N) is 2. The molecular formula is C20H30N2O3S. The minimum Gasteiger partial charge on any atom is -0.486 e. The standard InChI is InChI=1S/C20H30N2O3S/c1-3-6-15(4-2)13-24-18(23)9-12-26-17-8-10-21-20-19(17)25-14-16-7-5-11-22(16)20/h8,10,15-16H,3-7,9,11-14H2,1-2H3/t15?,16-/m0/s1. The third-order valence-electron chi connectivity index (χ3n) is 5.24. The summed E-state index contributed by atoms with van der Waals surface area (Å²) in [5.74, 6) is 2.95. The molecule has 5 nitrogen and oxygen atoms in total. The van der Waals surface area contributed by atoms with Crippen LogP contribution in [0, 0.1) is 5.92 Å². The fourth-order valence-corrected chi connectivity index (χ4v) is 4.61. The van der Waals surface area contributed by atoms with Crippen LogP contribution < -0.4 is 9.64 Å². The molecule has 2 aliphatic rings. The van der Waals surface area contributed by atoms with Crippen molar-refractivity contribution in [1.29, 1.82) is 0 Å². The molecule has 1 fully saturated rings. The van der Waals surface area contributed by atoms with E-state index in [0.717, 1.165) is 48.9 Å². The highest BCUT2D eigenvalue weighted by Gasteiger charge is 2.33. The van der Waals surface area contributed by atoms with Gasteiger partial charge in [-0.05, 0) is 31.2 Å². The molecule has 0 amide bonds. The second kappa shape index (κ2) is 9.49. The molecule has 2 atom stereocenters. The maximum atomic E-state index is 12.0. The minimum absolute atomic E-state index is 0.101. The molecule has 1 unspecified atom stereocenters. The lowest BCUT2D eigenvalue weighted by atomic mass is 10.0. The first-order chi connectivity index (χ1) is 12.7. The van der Waals surface area contributed by atoms with Crippen molar-refractivity contribution in [1.82, 2.24) is 4.98 Å². The molecule has 0 aromatic carbocycles. The van der Waals surface area contributed by atoms with E-state index in [1.54, 1.807) is 11.8 Å². The lowest BCUT2D eigenvalue weighted by Crippen LogP contribution is -2.38. The van der Waals surface area contributed by atoms with Crippen LogP contribution in [0.1, 0.15) is 52.4 Å². The Bertz CT molecular complexity index is 611. The molecular weight excluding hydrogens is 348 g/mol. The molecule has 2 aliphatic heterocycles. The molecule has 0 saturated carbocycles. The van der Waals surface area contributed by atoms with E-state index in [0.29, 0.717) is 30.7 Å². The van der Waals surface area contributed by atoms with E-state index in [9.17, 15) is 4.79 Å². The number of thioether (sulfide) groups is 1. The highest BCUT2D eigenvalue weighted by atomic mass is 32.2. The molecule has 0 N–H and O–H groups in total. The Hall–Kier alpha value is -1.43. The van der Waals surface area contributed by atoms with Gasteiger partial charge in [-0.25, -0.2) is 4.98 Å². The zero-order valence-electron chi connectivity index (χ0n) is 15.9. The van der Waals surface area contributed by atoms with Crippen molar-refractivity contribution in [2.24, 2.45) is 5.92 Å². The number of hydrogen-bond donors (Lipinski definition) is 0. The lowest BCUT2D eigenvalue weighted by molar-refractivity contribution is -0.144. The molecule has 26 heavy (non-hydrogen) atoms. The summed E-state index contributed by atoms with van der Waals surface area (Å²) in [5.41, 5.74) is 0. The van der Waals surface area contributed by atoms with Crippen LogP contribution in [0.3, 0.4) is 0 Å². The average Bonchev–Trinajstić information content (AvgIpc) is 3.14. The third kappa shape index (κ3) is 4.64. The first-order valence-electron chi connectivity index (χ1n) is 9.89. The normalized spacial score (nSPS) is 19.5. The number of pyridine rings is 1. The second-order valence-electron chi connectivity index (χ2n) is 7.11. The maximum Gasteiger partial charge on any atom is 0.306 e. The Morgan fingerprint density at radius 3 is 3.19 bits per heavy atom. The van der Waals surface area contributed by atoms with Crippen LogP contribution in [0.2, 0.25) is 0 Å². The average molecular weight is 379 g/mol. The van der Waals surface area contributed by atoms with Gasteiger partial charge in [-0.2, -0.15) is 0 Å². The Labute approximate surface area is 160 Å².